The molecule has 0 fully saturated rings. The minimum absolute atomic E-state index is 0.0985. The van der Waals surface area contributed by atoms with E-state index in [9.17, 15) is 0 Å². The van der Waals surface area contributed by atoms with Crippen LogP contribution in [0.5, 0.6) is 0 Å². The van der Waals surface area contributed by atoms with Gasteiger partial charge in [-0.1, -0.05) is 115 Å². The Labute approximate surface area is 278 Å². The Morgan fingerprint density at radius 3 is 1.77 bits per heavy atom. The molecular weight excluding hydrogens is 647 g/mol. The average Bonchev–Trinajstić information content (AvgIpc) is 3.64. The van der Waals surface area contributed by atoms with Gasteiger partial charge in [0.2, 0.25) is 0 Å². The fraction of sp³-hybridized carbons (Fsp3) is 0.231. The van der Waals surface area contributed by atoms with Crippen LogP contribution in [-0.2, 0) is 0 Å². The molecule has 1 aliphatic heterocycles. The molecule has 7 rings (SSSR count). The zero-order chi connectivity index (χ0) is 33.2. The quantitative estimate of drug-likeness (QED) is 0.183. The maximum absolute atomic E-state index is 16.8. The van der Waals surface area contributed by atoms with Crippen LogP contribution < -0.4 is 0 Å². The van der Waals surface area contributed by atoms with Gasteiger partial charge in [0.25, 0.3) is 0 Å². The Balaban J connectivity index is 1.64. The molecule has 0 N–H and O–H groups in total. The van der Waals surface area contributed by atoms with Crippen molar-refractivity contribution in [2.45, 2.75) is 44.5 Å². The number of hydrogen-bond donors (Lipinski definition) is 0. The Bertz CT molecular complexity index is 1970. The van der Waals surface area contributed by atoms with E-state index in [1.54, 1.807) is 80.6 Å². The third-order valence-electron chi connectivity index (χ3n) is 9.57. The number of allylic oxidation sites excluding steroid dienone is 7. The fourth-order valence-corrected chi connectivity index (χ4v) is 10.2. The van der Waals surface area contributed by atoms with Crippen LogP contribution in [0, 0.1) is 12.3 Å². The van der Waals surface area contributed by atoms with Gasteiger partial charge in [-0.05, 0) is 54.5 Å². The van der Waals surface area contributed by atoms with Gasteiger partial charge in [-0.25, -0.2) is 0 Å². The standard InChI is InChI=1S/C39H30F6S2/c1-24-30(34(28-19-11-5-12-20-28)47-32(24)26-15-7-3-8-16-26)31-35(38(42,43)39(44,45)37(31,40)41)36(29-21-13-6-14-22-29)23-46-33(25(36)2)27-17-9-4-10-18-27/h3-13,15-21H,14,22-23H2,1-2H3/t36-/m1/s1. The Morgan fingerprint density at radius 1 is 0.660 bits per heavy atom. The van der Waals surface area contributed by atoms with E-state index < -0.39 is 34.3 Å². The van der Waals surface area contributed by atoms with Crippen LogP contribution in [-0.4, -0.2) is 23.5 Å². The number of thioether (sulfide) groups is 1. The molecule has 1 atom stereocenters. The van der Waals surface area contributed by atoms with Gasteiger partial charge in [0.05, 0.1) is 5.41 Å². The van der Waals surface area contributed by atoms with Gasteiger partial charge in [0, 0.05) is 37.1 Å². The topological polar surface area (TPSA) is 0 Å². The summed E-state index contributed by atoms with van der Waals surface area (Å²) in [7, 11) is 0. The van der Waals surface area contributed by atoms with Crippen molar-refractivity contribution in [3.63, 3.8) is 0 Å². The maximum atomic E-state index is 16.8. The molecule has 0 nitrogen and oxygen atoms in total. The molecule has 2 aliphatic carbocycles. The summed E-state index contributed by atoms with van der Waals surface area (Å²) in [6, 6.07) is 26.7. The van der Waals surface area contributed by atoms with E-state index in [1.807, 2.05) is 42.5 Å². The van der Waals surface area contributed by atoms with Gasteiger partial charge in [-0.15, -0.1) is 23.1 Å². The zero-order valence-electron chi connectivity index (χ0n) is 25.6. The zero-order valence-corrected chi connectivity index (χ0v) is 27.2. The molecule has 4 aromatic rings. The van der Waals surface area contributed by atoms with Crippen molar-refractivity contribution >= 4 is 33.6 Å². The van der Waals surface area contributed by atoms with Gasteiger partial charge in [-0.3, -0.25) is 0 Å². The lowest BCUT2D eigenvalue weighted by molar-refractivity contribution is -0.261. The molecular formula is C39H30F6S2. The number of halogens is 6. The minimum Gasteiger partial charge on any atom is -0.194 e. The molecule has 8 heteroatoms. The van der Waals surface area contributed by atoms with Crippen LogP contribution in [0.1, 0.15) is 36.5 Å². The smallest absolute Gasteiger partial charge is 0.194 e. The summed E-state index contributed by atoms with van der Waals surface area (Å²) in [6.45, 7) is 3.22. The molecule has 1 aromatic heterocycles. The van der Waals surface area contributed by atoms with Crippen molar-refractivity contribution in [1.29, 1.82) is 0 Å². The first-order valence-corrected chi connectivity index (χ1v) is 17.1. The molecule has 2 heterocycles. The number of benzene rings is 3. The lowest BCUT2D eigenvalue weighted by atomic mass is 9.65. The summed E-state index contributed by atoms with van der Waals surface area (Å²) in [5.74, 6) is -16.1. The van der Waals surface area contributed by atoms with Crippen LogP contribution in [0.15, 0.2) is 126 Å². The molecule has 0 saturated carbocycles. The van der Waals surface area contributed by atoms with Gasteiger partial charge < -0.3 is 0 Å². The molecule has 0 unspecified atom stereocenters. The van der Waals surface area contributed by atoms with Crippen molar-refractivity contribution in [1.82, 2.24) is 0 Å². The highest BCUT2D eigenvalue weighted by Gasteiger charge is 2.83. The number of rotatable bonds is 6. The van der Waals surface area contributed by atoms with Gasteiger partial charge in [0.15, 0.2) is 0 Å². The molecule has 47 heavy (non-hydrogen) atoms. The summed E-state index contributed by atoms with van der Waals surface area (Å²) in [5.41, 5.74) is -1.56. The van der Waals surface area contributed by atoms with Crippen LogP contribution in [0.25, 0.3) is 31.4 Å². The van der Waals surface area contributed by atoms with Crippen LogP contribution >= 0.6 is 23.1 Å². The number of hydrogen-bond acceptors (Lipinski definition) is 2. The maximum Gasteiger partial charge on any atom is 0.380 e. The van der Waals surface area contributed by atoms with E-state index >= 15 is 26.3 Å². The normalized spacial score (nSPS) is 23.0. The van der Waals surface area contributed by atoms with Crippen molar-refractivity contribution in [2.24, 2.45) is 5.41 Å². The van der Waals surface area contributed by atoms with E-state index in [0.29, 0.717) is 38.5 Å². The van der Waals surface area contributed by atoms with Crippen molar-refractivity contribution in [2.75, 3.05) is 5.75 Å². The lowest BCUT2D eigenvalue weighted by Gasteiger charge is -2.39. The first-order chi connectivity index (χ1) is 22.4. The second kappa shape index (κ2) is 11.4. The molecule has 0 saturated heterocycles. The Hall–Kier alpha value is -3.75. The van der Waals surface area contributed by atoms with Crippen molar-refractivity contribution in [3.8, 4) is 20.9 Å². The predicted octanol–water partition coefficient (Wildman–Crippen LogP) is 12.5. The van der Waals surface area contributed by atoms with E-state index in [1.165, 1.54) is 11.8 Å². The summed E-state index contributed by atoms with van der Waals surface area (Å²) in [4.78, 5) is 1.45. The summed E-state index contributed by atoms with van der Waals surface area (Å²) in [5, 5.41) is 0. The van der Waals surface area contributed by atoms with E-state index in [4.69, 9.17) is 0 Å². The highest BCUT2D eigenvalue weighted by molar-refractivity contribution is 8.08. The first-order valence-electron chi connectivity index (χ1n) is 15.3. The van der Waals surface area contributed by atoms with Crippen LogP contribution in [0.3, 0.4) is 0 Å². The number of thiophene rings is 1. The molecule has 3 aliphatic rings. The number of alkyl halides is 6. The summed E-state index contributed by atoms with van der Waals surface area (Å²) in [6.07, 6.45) is 6.00. The Morgan fingerprint density at radius 2 is 1.21 bits per heavy atom. The highest BCUT2D eigenvalue weighted by atomic mass is 32.2. The molecule has 0 amide bonds. The molecule has 240 valence electrons. The fourth-order valence-electron chi connectivity index (χ4n) is 7.25. The van der Waals surface area contributed by atoms with Gasteiger partial charge >= 0.3 is 17.8 Å². The minimum atomic E-state index is -5.67. The van der Waals surface area contributed by atoms with E-state index in [-0.39, 0.29) is 28.2 Å². The highest BCUT2D eigenvalue weighted by Crippen LogP contribution is 2.72. The van der Waals surface area contributed by atoms with Crippen LogP contribution in [0.2, 0.25) is 0 Å². The molecule has 0 radical (unpaired) electrons. The monoisotopic (exact) mass is 676 g/mol. The summed E-state index contributed by atoms with van der Waals surface area (Å²) >= 11 is 2.41. The van der Waals surface area contributed by atoms with Crippen molar-refractivity contribution in [3.05, 3.63) is 143 Å². The average molecular weight is 677 g/mol. The van der Waals surface area contributed by atoms with Crippen LogP contribution in [0.4, 0.5) is 26.3 Å². The van der Waals surface area contributed by atoms with Gasteiger partial charge in [0.1, 0.15) is 0 Å². The third-order valence-corrected chi connectivity index (χ3v) is 12.4. The predicted molar refractivity (Wildman–Crippen MR) is 182 cm³/mol. The van der Waals surface area contributed by atoms with E-state index in [2.05, 4.69) is 0 Å². The second-order valence-electron chi connectivity index (χ2n) is 12.1. The van der Waals surface area contributed by atoms with Crippen molar-refractivity contribution < 1.29 is 26.3 Å². The molecule has 0 spiro atoms. The second-order valence-corrected chi connectivity index (χ2v) is 14.1. The third kappa shape index (κ3) is 4.58. The molecule has 3 aromatic carbocycles. The largest absolute Gasteiger partial charge is 0.380 e. The van der Waals surface area contributed by atoms with Gasteiger partial charge in [-0.2, -0.15) is 26.3 Å². The SMILES string of the molecule is CC1=C(c2ccccc2)SC[C@@]1(C1=CC=CCC1)C1=C(c2c(-c3ccccc3)sc(-c3ccccc3)c2C)C(F)(F)C(F)(F)C1(F)F. The Kier molecular flexibility index (Phi) is 7.75. The lowest BCUT2D eigenvalue weighted by Crippen LogP contribution is -2.51. The van der Waals surface area contributed by atoms with E-state index in [0.717, 1.165) is 16.9 Å². The molecule has 0 bridgehead atoms. The summed E-state index contributed by atoms with van der Waals surface area (Å²) < 4.78 is 99.1. The first kappa shape index (κ1) is 31.8.